The van der Waals surface area contributed by atoms with Gasteiger partial charge < -0.3 is 0 Å². The zero-order valence-electron chi connectivity index (χ0n) is 5.46. The minimum Gasteiger partial charge on any atom is -0.283 e. The number of H-pyrrole nitrogens is 1. The van der Waals surface area contributed by atoms with Gasteiger partial charge in [0.15, 0.2) is 0 Å². The van der Waals surface area contributed by atoms with Crippen LogP contribution in [0, 0.1) is 0 Å². The number of nitrogens with one attached hydrogen (secondary N) is 3. The lowest BCUT2D eigenvalue weighted by Crippen LogP contribution is -2.22. The maximum absolute atomic E-state index is 4.72. The number of aromatic nitrogens is 4. The van der Waals surface area contributed by atoms with Gasteiger partial charge in [-0.2, -0.15) is 5.21 Å². The molecule has 7 heteroatoms. The maximum Gasteiger partial charge on any atom is 0.279 e. The number of anilines is 1. The number of aromatic amines is 1. The third kappa shape index (κ3) is 1.96. The molecule has 0 unspecified atom stereocenters. The summed E-state index contributed by atoms with van der Waals surface area (Å²) in [5.74, 6) is 0.341. The Labute approximate surface area is 57.1 Å². The molecule has 0 radical (unpaired) electrons. The molecule has 0 spiro atoms. The van der Waals surface area contributed by atoms with E-state index in [0.29, 0.717) is 12.6 Å². The first-order valence-corrected chi connectivity index (χ1v) is 2.79. The Morgan fingerprint density at radius 1 is 1.70 bits per heavy atom. The molecule has 0 aliphatic heterocycles. The van der Waals surface area contributed by atoms with Crippen molar-refractivity contribution in [3.05, 3.63) is 0 Å². The van der Waals surface area contributed by atoms with Crippen LogP contribution in [0.25, 0.3) is 0 Å². The van der Waals surface area contributed by atoms with Crippen molar-refractivity contribution < 1.29 is 4.84 Å². The van der Waals surface area contributed by atoms with Crippen LogP contribution >= 0.6 is 0 Å². The Kier molecular flexibility index (Phi) is 2.59. The van der Waals surface area contributed by atoms with Crippen molar-refractivity contribution >= 4 is 5.95 Å². The summed E-state index contributed by atoms with van der Waals surface area (Å²) in [5, 5.41) is 12.7. The van der Waals surface area contributed by atoms with E-state index in [2.05, 4.69) is 31.6 Å². The first kappa shape index (κ1) is 6.90. The lowest BCUT2D eigenvalue weighted by atomic mass is 10.9. The highest BCUT2D eigenvalue weighted by Crippen LogP contribution is 1.84. The molecule has 10 heavy (non-hydrogen) atoms. The molecule has 3 N–H and O–H groups in total. The number of nitrogens with zero attached hydrogens (tertiary/aromatic N) is 3. The van der Waals surface area contributed by atoms with Gasteiger partial charge in [-0.3, -0.25) is 10.3 Å². The molecule has 0 amide bonds. The second kappa shape index (κ2) is 3.75. The molecule has 0 fully saturated rings. The molecule has 1 aromatic heterocycles. The molecule has 0 atom stereocenters. The number of hydrogen-bond acceptors (Lipinski definition) is 6. The van der Waals surface area contributed by atoms with E-state index in [9.17, 15) is 0 Å². The number of tetrazole rings is 1. The Morgan fingerprint density at radius 2 is 2.60 bits per heavy atom. The van der Waals surface area contributed by atoms with Crippen LogP contribution in [0.15, 0.2) is 0 Å². The van der Waals surface area contributed by atoms with Crippen molar-refractivity contribution in [3.63, 3.8) is 0 Å². The summed E-state index contributed by atoms with van der Waals surface area (Å²) >= 11 is 0. The maximum atomic E-state index is 4.72. The molecule has 1 rings (SSSR count). The van der Waals surface area contributed by atoms with Crippen LogP contribution in [0.1, 0.15) is 6.92 Å². The van der Waals surface area contributed by atoms with Crippen LogP contribution in [0.3, 0.4) is 0 Å². The standard InChI is InChI=1S/C3H8N6O/c1-2-10-9-6-3-4-7-8-5-3/h9H,2H2,1H3,(H2,4,5,6,7,8). The lowest BCUT2D eigenvalue weighted by molar-refractivity contribution is 0.0671. The lowest BCUT2D eigenvalue weighted by Gasteiger charge is -2.00. The quantitative estimate of drug-likeness (QED) is 0.373. The summed E-state index contributed by atoms with van der Waals surface area (Å²) < 4.78 is 0. The topological polar surface area (TPSA) is 87.8 Å². The largest absolute Gasteiger partial charge is 0.283 e. The highest BCUT2D eigenvalue weighted by molar-refractivity contribution is 5.14. The average molecular weight is 144 g/mol. The Bertz CT molecular complexity index is 162. The summed E-state index contributed by atoms with van der Waals surface area (Å²) in [5.41, 5.74) is 4.94. The van der Waals surface area contributed by atoms with Gasteiger partial charge in [0.05, 0.1) is 6.61 Å². The molecular formula is C3H8N6O. The molecule has 1 heterocycles. The van der Waals surface area contributed by atoms with E-state index >= 15 is 0 Å². The molecule has 0 aliphatic carbocycles. The fraction of sp³-hybridized carbons (Fsp3) is 0.667. The number of rotatable bonds is 4. The Balaban J connectivity index is 2.15. The predicted molar refractivity (Wildman–Crippen MR) is 32.6 cm³/mol. The zero-order chi connectivity index (χ0) is 7.23. The van der Waals surface area contributed by atoms with Crippen LogP contribution in [0.2, 0.25) is 0 Å². The average Bonchev–Trinajstić information content (AvgIpc) is 2.41. The van der Waals surface area contributed by atoms with E-state index in [0.717, 1.165) is 0 Å². The van der Waals surface area contributed by atoms with Gasteiger partial charge in [-0.05, 0) is 12.1 Å². The van der Waals surface area contributed by atoms with E-state index in [1.54, 1.807) is 0 Å². The summed E-state index contributed by atoms with van der Waals surface area (Å²) in [6.45, 7) is 2.41. The molecule has 0 bridgehead atoms. The van der Waals surface area contributed by atoms with E-state index in [4.69, 9.17) is 4.84 Å². The SMILES string of the molecule is CCONNc1nn[nH]n1. The second-order valence-corrected chi connectivity index (χ2v) is 1.40. The van der Waals surface area contributed by atoms with E-state index in [1.165, 1.54) is 0 Å². The molecule has 0 saturated carbocycles. The summed E-state index contributed by atoms with van der Waals surface area (Å²) in [6.07, 6.45) is 0. The normalized spacial score (nSPS) is 9.70. The number of hydrazine groups is 1. The van der Waals surface area contributed by atoms with Gasteiger partial charge in [-0.15, -0.1) is 10.7 Å². The van der Waals surface area contributed by atoms with Gasteiger partial charge in [0.1, 0.15) is 0 Å². The van der Waals surface area contributed by atoms with Gasteiger partial charge in [0.2, 0.25) is 0 Å². The van der Waals surface area contributed by atoms with Gasteiger partial charge in [0, 0.05) is 0 Å². The zero-order valence-corrected chi connectivity index (χ0v) is 5.46. The van der Waals surface area contributed by atoms with Crippen LogP contribution in [-0.2, 0) is 4.84 Å². The predicted octanol–water partition coefficient (Wildman–Crippen LogP) is -0.932. The molecule has 0 aliphatic rings. The van der Waals surface area contributed by atoms with Gasteiger partial charge in [-0.1, -0.05) is 5.10 Å². The highest BCUT2D eigenvalue weighted by Gasteiger charge is 1.91. The number of hydrogen-bond donors (Lipinski definition) is 3. The van der Waals surface area contributed by atoms with Crippen LogP contribution in [0.4, 0.5) is 5.95 Å². The smallest absolute Gasteiger partial charge is 0.279 e. The first-order chi connectivity index (χ1) is 4.93. The fourth-order valence-corrected chi connectivity index (χ4v) is 0.369. The first-order valence-electron chi connectivity index (χ1n) is 2.79. The van der Waals surface area contributed by atoms with E-state index < -0.39 is 0 Å². The van der Waals surface area contributed by atoms with E-state index in [-0.39, 0.29) is 0 Å². The Morgan fingerprint density at radius 3 is 3.20 bits per heavy atom. The van der Waals surface area contributed by atoms with Crippen LogP contribution in [-0.4, -0.2) is 27.2 Å². The van der Waals surface area contributed by atoms with Crippen LogP contribution < -0.4 is 11.0 Å². The third-order valence-corrected chi connectivity index (χ3v) is 0.725. The van der Waals surface area contributed by atoms with Gasteiger partial charge in [-0.25, -0.2) is 0 Å². The minimum atomic E-state index is 0.341. The van der Waals surface area contributed by atoms with Crippen molar-refractivity contribution in [3.8, 4) is 0 Å². The molecule has 0 aromatic carbocycles. The molecule has 7 nitrogen and oxygen atoms in total. The summed E-state index contributed by atoms with van der Waals surface area (Å²) in [6, 6.07) is 0. The Hall–Kier alpha value is -1.21. The molecular weight excluding hydrogens is 136 g/mol. The second-order valence-electron chi connectivity index (χ2n) is 1.40. The van der Waals surface area contributed by atoms with Gasteiger partial charge >= 0.3 is 0 Å². The van der Waals surface area contributed by atoms with Gasteiger partial charge in [0.25, 0.3) is 5.95 Å². The summed E-state index contributed by atoms with van der Waals surface area (Å²) in [7, 11) is 0. The van der Waals surface area contributed by atoms with Crippen molar-refractivity contribution in [2.45, 2.75) is 6.92 Å². The monoisotopic (exact) mass is 144 g/mol. The van der Waals surface area contributed by atoms with Crippen molar-refractivity contribution in [1.29, 1.82) is 0 Å². The third-order valence-electron chi connectivity index (χ3n) is 0.725. The molecule has 1 aromatic rings. The van der Waals surface area contributed by atoms with Crippen molar-refractivity contribution in [2.75, 3.05) is 12.0 Å². The highest BCUT2D eigenvalue weighted by atomic mass is 16.7. The summed E-state index contributed by atoms with van der Waals surface area (Å²) in [4.78, 5) is 4.72. The fourth-order valence-electron chi connectivity index (χ4n) is 0.369. The minimum absolute atomic E-state index is 0.341. The van der Waals surface area contributed by atoms with Crippen molar-refractivity contribution in [2.24, 2.45) is 0 Å². The molecule has 0 saturated heterocycles. The van der Waals surface area contributed by atoms with Crippen molar-refractivity contribution in [1.82, 2.24) is 26.2 Å². The van der Waals surface area contributed by atoms with Crippen LogP contribution in [0.5, 0.6) is 0 Å². The van der Waals surface area contributed by atoms with E-state index in [1.807, 2.05) is 6.92 Å². The molecule has 56 valence electrons.